The van der Waals surface area contributed by atoms with Crippen molar-refractivity contribution in [1.82, 2.24) is 4.98 Å². The van der Waals surface area contributed by atoms with Crippen molar-refractivity contribution in [2.75, 3.05) is 11.4 Å². The smallest absolute Gasteiger partial charge is 0.273 e. The summed E-state index contributed by atoms with van der Waals surface area (Å²) in [5, 5.41) is 11.4. The van der Waals surface area contributed by atoms with E-state index in [0.29, 0.717) is 17.4 Å². The van der Waals surface area contributed by atoms with E-state index in [1.165, 1.54) is 0 Å². The third-order valence-electron chi connectivity index (χ3n) is 3.23. The fraction of sp³-hybridized carbons (Fsp3) is 0.267. The molecule has 0 radical (unpaired) electrons. The Balaban J connectivity index is 2.28. The molecule has 0 saturated carbocycles. The SMILES string of the molecule is CCN(Cc1ccccn1)c1ccc([N+](=O)[O-])c(CBr)c1. The molecule has 0 aliphatic rings. The van der Waals surface area contributed by atoms with E-state index in [1.54, 1.807) is 18.3 Å². The monoisotopic (exact) mass is 349 g/mol. The van der Waals surface area contributed by atoms with Crippen LogP contribution in [0.2, 0.25) is 0 Å². The average Bonchev–Trinajstić information content (AvgIpc) is 2.52. The molecule has 2 aromatic rings. The molecule has 1 aromatic carbocycles. The van der Waals surface area contributed by atoms with Gasteiger partial charge in [-0.2, -0.15) is 0 Å². The minimum atomic E-state index is -0.352. The molecular weight excluding hydrogens is 334 g/mol. The van der Waals surface area contributed by atoms with E-state index >= 15 is 0 Å². The largest absolute Gasteiger partial charge is 0.366 e. The van der Waals surface area contributed by atoms with Gasteiger partial charge in [0, 0.05) is 35.4 Å². The number of benzene rings is 1. The van der Waals surface area contributed by atoms with Crippen LogP contribution < -0.4 is 4.90 Å². The molecule has 0 atom stereocenters. The van der Waals surface area contributed by atoms with Crippen molar-refractivity contribution >= 4 is 27.3 Å². The van der Waals surface area contributed by atoms with Gasteiger partial charge in [0.2, 0.25) is 0 Å². The van der Waals surface area contributed by atoms with Crippen LogP contribution in [-0.2, 0) is 11.9 Å². The molecule has 110 valence electrons. The van der Waals surface area contributed by atoms with Crippen LogP contribution in [0.3, 0.4) is 0 Å². The van der Waals surface area contributed by atoms with Crippen molar-refractivity contribution in [3.63, 3.8) is 0 Å². The molecule has 1 aromatic heterocycles. The summed E-state index contributed by atoms with van der Waals surface area (Å²) < 4.78 is 0. The Bertz CT molecular complexity index is 620. The minimum absolute atomic E-state index is 0.143. The maximum Gasteiger partial charge on any atom is 0.273 e. The maximum atomic E-state index is 11.0. The number of nitro benzene ring substituents is 1. The van der Waals surface area contributed by atoms with Crippen LogP contribution in [0.5, 0.6) is 0 Å². The van der Waals surface area contributed by atoms with Gasteiger partial charge in [-0.25, -0.2) is 0 Å². The first-order valence-electron chi connectivity index (χ1n) is 6.63. The van der Waals surface area contributed by atoms with E-state index in [-0.39, 0.29) is 10.6 Å². The third-order valence-corrected chi connectivity index (χ3v) is 3.83. The van der Waals surface area contributed by atoms with Crippen LogP contribution in [0.15, 0.2) is 42.6 Å². The average molecular weight is 350 g/mol. The molecule has 0 saturated heterocycles. The van der Waals surface area contributed by atoms with Gasteiger partial charge in [0.05, 0.1) is 17.2 Å². The van der Waals surface area contributed by atoms with Gasteiger partial charge in [-0.05, 0) is 31.2 Å². The molecule has 5 nitrogen and oxygen atoms in total. The summed E-state index contributed by atoms with van der Waals surface area (Å²) in [4.78, 5) is 17.1. The highest BCUT2D eigenvalue weighted by atomic mass is 79.9. The number of rotatable bonds is 6. The predicted octanol–water partition coefficient (Wildman–Crippen LogP) is 3.91. The first-order chi connectivity index (χ1) is 10.2. The molecule has 21 heavy (non-hydrogen) atoms. The lowest BCUT2D eigenvalue weighted by Gasteiger charge is -2.23. The van der Waals surface area contributed by atoms with Crippen molar-refractivity contribution in [3.05, 3.63) is 64.0 Å². The zero-order valence-electron chi connectivity index (χ0n) is 11.7. The Labute approximate surface area is 131 Å². The Hall–Kier alpha value is -1.95. The molecule has 1 heterocycles. The topological polar surface area (TPSA) is 59.3 Å². The molecular formula is C15H16BrN3O2. The second-order valence-electron chi connectivity index (χ2n) is 4.54. The summed E-state index contributed by atoms with van der Waals surface area (Å²) in [6.07, 6.45) is 1.77. The van der Waals surface area contributed by atoms with Crippen molar-refractivity contribution in [2.45, 2.75) is 18.8 Å². The minimum Gasteiger partial charge on any atom is -0.366 e. The van der Waals surface area contributed by atoms with Gasteiger partial charge in [-0.3, -0.25) is 15.1 Å². The van der Waals surface area contributed by atoms with Gasteiger partial charge >= 0.3 is 0 Å². The number of nitro groups is 1. The summed E-state index contributed by atoms with van der Waals surface area (Å²) in [6, 6.07) is 11.0. The molecule has 0 aliphatic carbocycles. The van der Waals surface area contributed by atoms with Crippen LogP contribution in [-0.4, -0.2) is 16.5 Å². The number of pyridine rings is 1. The lowest BCUT2D eigenvalue weighted by molar-refractivity contribution is -0.385. The van der Waals surface area contributed by atoms with E-state index in [0.717, 1.165) is 17.9 Å². The van der Waals surface area contributed by atoms with Gasteiger partial charge < -0.3 is 4.90 Å². The second-order valence-corrected chi connectivity index (χ2v) is 5.10. The Kier molecular flexibility index (Phi) is 5.27. The molecule has 0 unspecified atom stereocenters. The van der Waals surface area contributed by atoms with Crippen molar-refractivity contribution < 1.29 is 4.92 Å². The predicted molar refractivity (Wildman–Crippen MR) is 86.7 cm³/mol. The molecule has 6 heteroatoms. The van der Waals surface area contributed by atoms with Crippen molar-refractivity contribution in [3.8, 4) is 0 Å². The highest BCUT2D eigenvalue weighted by Crippen LogP contribution is 2.27. The maximum absolute atomic E-state index is 11.0. The van der Waals surface area contributed by atoms with Gasteiger partial charge in [-0.1, -0.05) is 22.0 Å². The lowest BCUT2D eigenvalue weighted by Crippen LogP contribution is -2.22. The van der Waals surface area contributed by atoms with Crippen LogP contribution in [0.1, 0.15) is 18.2 Å². The molecule has 0 aliphatic heterocycles. The number of anilines is 1. The van der Waals surface area contributed by atoms with Crippen molar-refractivity contribution in [2.24, 2.45) is 0 Å². The summed E-state index contributed by atoms with van der Waals surface area (Å²) >= 11 is 3.31. The number of hydrogen-bond donors (Lipinski definition) is 0. The molecule has 0 bridgehead atoms. The van der Waals surface area contributed by atoms with Crippen LogP contribution >= 0.6 is 15.9 Å². The molecule has 0 spiro atoms. The van der Waals surface area contributed by atoms with E-state index in [1.807, 2.05) is 24.3 Å². The highest BCUT2D eigenvalue weighted by molar-refractivity contribution is 9.08. The van der Waals surface area contributed by atoms with Gasteiger partial charge in [-0.15, -0.1) is 0 Å². The van der Waals surface area contributed by atoms with Gasteiger partial charge in [0.25, 0.3) is 5.69 Å². The number of halogens is 1. The second kappa shape index (κ2) is 7.17. The third kappa shape index (κ3) is 3.78. The zero-order valence-corrected chi connectivity index (χ0v) is 13.3. The number of aromatic nitrogens is 1. The number of hydrogen-bond acceptors (Lipinski definition) is 4. The van der Waals surface area contributed by atoms with Gasteiger partial charge in [0.1, 0.15) is 0 Å². The van der Waals surface area contributed by atoms with E-state index in [4.69, 9.17) is 0 Å². The fourth-order valence-corrected chi connectivity index (χ4v) is 2.58. The van der Waals surface area contributed by atoms with Crippen LogP contribution in [0.4, 0.5) is 11.4 Å². The summed E-state index contributed by atoms with van der Waals surface area (Å²) in [7, 11) is 0. The standard InChI is InChI=1S/C15H16BrN3O2/c1-2-18(11-13-5-3-4-8-17-13)14-6-7-15(19(20)21)12(9-14)10-16/h3-9H,2,10-11H2,1H3. The molecule has 2 rings (SSSR count). The normalized spacial score (nSPS) is 10.4. The molecule has 0 N–H and O–H groups in total. The highest BCUT2D eigenvalue weighted by Gasteiger charge is 2.15. The van der Waals surface area contributed by atoms with Crippen LogP contribution in [0.25, 0.3) is 0 Å². The Morgan fingerprint density at radius 3 is 2.71 bits per heavy atom. The Morgan fingerprint density at radius 1 is 1.33 bits per heavy atom. The van der Waals surface area contributed by atoms with E-state index in [2.05, 4.69) is 32.7 Å². The Morgan fingerprint density at radius 2 is 2.14 bits per heavy atom. The van der Waals surface area contributed by atoms with E-state index in [9.17, 15) is 10.1 Å². The summed E-state index contributed by atoms with van der Waals surface area (Å²) in [6.45, 7) is 3.53. The molecule has 0 fully saturated rings. The van der Waals surface area contributed by atoms with Gasteiger partial charge in [0.15, 0.2) is 0 Å². The summed E-state index contributed by atoms with van der Waals surface area (Å²) in [5.41, 5.74) is 2.75. The lowest BCUT2D eigenvalue weighted by atomic mass is 10.1. The number of nitrogens with zero attached hydrogens (tertiary/aromatic N) is 3. The fourth-order valence-electron chi connectivity index (χ4n) is 2.13. The molecule has 0 amide bonds. The zero-order chi connectivity index (χ0) is 15.2. The van der Waals surface area contributed by atoms with Crippen LogP contribution in [0, 0.1) is 10.1 Å². The summed E-state index contributed by atoms with van der Waals surface area (Å²) in [5.74, 6) is 0. The quantitative estimate of drug-likeness (QED) is 0.450. The number of alkyl halides is 1. The van der Waals surface area contributed by atoms with E-state index < -0.39 is 0 Å². The van der Waals surface area contributed by atoms with Crippen molar-refractivity contribution in [1.29, 1.82) is 0 Å². The first-order valence-corrected chi connectivity index (χ1v) is 7.76. The first kappa shape index (κ1) is 15.4.